The molecule has 1 aromatic heterocycles. The summed E-state index contributed by atoms with van der Waals surface area (Å²) in [6.07, 6.45) is 0.862. The summed E-state index contributed by atoms with van der Waals surface area (Å²) in [4.78, 5) is 4.93. The third-order valence-electron chi connectivity index (χ3n) is 9.73. The Hall–Kier alpha value is -6.25. The van der Waals surface area contributed by atoms with Gasteiger partial charge in [0.2, 0.25) is 0 Å². The second-order valence-corrected chi connectivity index (χ2v) is 12.6. The van der Waals surface area contributed by atoms with Crippen molar-refractivity contribution in [2.24, 2.45) is 0 Å². The zero-order chi connectivity index (χ0) is 32.7. The van der Waals surface area contributed by atoms with Crippen LogP contribution in [0.1, 0.15) is 12.7 Å². The molecule has 2 nitrogen and oxygen atoms in total. The summed E-state index contributed by atoms with van der Waals surface area (Å²) in [7, 11) is 0. The Morgan fingerprint density at radius 3 is 1.45 bits per heavy atom. The van der Waals surface area contributed by atoms with Gasteiger partial charge in [-0.3, -0.25) is 4.57 Å². The normalized spacial score (nSPS) is 11.4. The fourth-order valence-corrected chi connectivity index (χ4v) is 7.52. The summed E-state index contributed by atoms with van der Waals surface area (Å²) in [6, 6.07) is 63.7. The Morgan fingerprint density at radius 1 is 0.408 bits per heavy atom. The number of aromatic nitrogens is 2. The Kier molecular flexibility index (Phi) is 7.13. The van der Waals surface area contributed by atoms with Crippen molar-refractivity contribution in [3.05, 3.63) is 182 Å². The summed E-state index contributed by atoms with van der Waals surface area (Å²) in [5.74, 6) is 1.07. The van der Waals surface area contributed by atoms with Crippen LogP contribution in [0.2, 0.25) is 0 Å². The first-order chi connectivity index (χ1) is 24.3. The fraction of sp³-hybridized carbons (Fsp3) is 0.0426. The van der Waals surface area contributed by atoms with E-state index in [0.717, 1.165) is 29.0 Å². The van der Waals surface area contributed by atoms with E-state index in [9.17, 15) is 0 Å². The summed E-state index contributed by atoms with van der Waals surface area (Å²) < 4.78 is 2.30. The minimum atomic E-state index is 0.862. The second kappa shape index (κ2) is 12.1. The third kappa shape index (κ3) is 5.01. The van der Waals surface area contributed by atoms with E-state index in [1.54, 1.807) is 0 Å². The number of para-hydroxylation sites is 2. The van der Waals surface area contributed by atoms with E-state index in [1.807, 2.05) is 0 Å². The summed E-state index contributed by atoms with van der Waals surface area (Å²) in [5, 5.41) is 5.02. The van der Waals surface area contributed by atoms with Crippen molar-refractivity contribution in [3.8, 4) is 50.2 Å². The largest absolute Gasteiger partial charge is 0.296 e. The fourth-order valence-electron chi connectivity index (χ4n) is 7.52. The molecule has 0 bridgehead atoms. The van der Waals surface area contributed by atoms with Gasteiger partial charge in [0.1, 0.15) is 5.82 Å². The van der Waals surface area contributed by atoms with Gasteiger partial charge in [0.05, 0.1) is 11.0 Å². The number of benzene rings is 8. The lowest BCUT2D eigenvalue weighted by Crippen LogP contribution is -2.00. The van der Waals surface area contributed by atoms with Crippen LogP contribution in [0.3, 0.4) is 0 Å². The Bertz CT molecular complexity index is 2590. The molecule has 0 aliphatic carbocycles. The molecule has 0 unspecified atom stereocenters. The molecule has 0 atom stereocenters. The molecule has 0 saturated carbocycles. The molecule has 0 aliphatic heterocycles. The van der Waals surface area contributed by atoms with Crippen molar-refractivity contribution in [2.45, 2.75) is 13.3 Å². The van der Waals surface area contributed by atoms with Crippen LogP contribution in [0.4, 0.5) is 0 Å². The first-order valence-corrected chi connectivity index (χ1v) is 17.0. The predicted molar refractivity (Wildman–Crippen MR) is 207 cm³/mol. The molecule has 0 spiro atoms. The number of fused-ring (bicyclic) bond motifs is 3. The van der Waals surface area contributed by atoms with Crippen LogP contribution in [-0.4, -0.2) is 9.55 Å². The summed E-state index contributed by atoms with van der Waals surface area (Å²) >= 11 is 0. The van der Waals surface area contributed by atoms with Gasteiger partial charge in [0.25, 0.3) is 0 Å². The highest BCUT2D eigenvalue weighted by atomic mass is 15.1. The molecule has 9 aromatic rings. The summed E-state index contributed by atoms with van der Waals surface area (Å²) in [5.41, 5.74) is 13.1. The molecule has 0 fully saturated rings. The van der Waals surface area contributed by atoms with E-state index in [-0.39, 0.29) is 0 Å². The molecule has 8 aromatic carbocycles. The number of rotatable bonds is 6. The van der Waals surface area contributed by atoms with E-state index in [2.05, 4.69) is 187 Å². The number of hydrogen-bond donors (Lipinski definition) is 0. The zero-order valence-electron chi connectivity index (χ0n) is 27.3. The van der Waals surface area contributed by atoms with Crippen LogP contribution in [-0.2, 0) is 6.42 Å². The van der Waals surface area contributed by atoms with Gasteiger partial charge in [-0.15, -0.1) is 0 Å². The predicted octanol–water partition coefficient (Wildman–Crippen LogP) is 12.6. The lowest BCUT2D eigenvalue weighted by atomic mass is 9.85. The van der Waals surface area contributed by atoms with Crippen molar-refractivity contribution in [2.75, 3.05) is 0 Å². The molecule has 0 amide bonds. The SMILES string of the molecule is CCc1nc2ccccc2n1-c1cccc(-c2cccc(-c3c4ccccc4c(-c4cccc(-c5ccccc5)c4)c4ccccc34)c2)c1. The highest BCUT2D eigenvalue weighted by molar-refractivity contribution is 6.21. The highest BCUT2D eigenvalue weighted by Gasteiger charge is 2.18. The van der Waals surface area contributed by atoms with Crippen LogP contribution in [0.25, 0.3) is 82.8 Å². The average molecular weight is 627 g/mol. The smallest absolute Gasteiger partial charge is 0.114 e. The maximum atomic E-state index is 4.93. The van der Waals surface area contributed by atoms with Gasteiger partial charge in [-0.05, 0) is 102 Å². The van der Waals surface area contributed by atoms with Gasteiger partial charge in [0.15, 0.2) is 0 Å². The maximum Gasteiger partial charge on any atom is 0.114 e. The molecule has 9 rings (SSSR count). The van der Waals surface area contributed by atoms with Crippen LogP contribution in [0, 0.1) is 0 Å². The molecule has 232 valence electrons. The molecular weight excluding hydrogens is 593 g/mol. The number of imidazole rings is 1. The van der Waals surface area contributed by atoms with E-state index in [0.29, 0.717) is 0 Å². The zero-order valence-corrected chi connectivity index (χ0v) is 27.3. The Morgan fingerprint density at radius 2 is 0.857 bits per heavy atom. The lowest BCUT2D eigenvalue weighted by molar-refractivity contribution is 0.908. The van der Waals surface area contributed by atoms with Gasteiger partial charge in [-0.2, -0.15) is 0 Å². The first kappa shape index (κ1) is 28.9. The standard InChI is InChI=1S/C47H34N2/c1-2-45-48-43-27-10-11-28-44(43)49(45)38-22-14-19-35(31-38)34-18-13-21-37(30-34)47-41-25-8-6-23-39(41)46(40-24-7-9-26-42(40)47)36-20-12-17-33(29-36)32-15-4-3-5-16-32/h3-31H,2H2,1H3. The van der Waals surface area contributed by atoms with Crippen molar-refractivity contribution in [1.82, 2.24) is 9.55 Å². The monoisotopic (exact) mass is 626 g/mol. The lowest BCUT2D eigenvalue weighted by Gasteiger charge is -2.18. The van der Waals surface area contributed by atoms with Gasteiger partial charge in [-0.1, -0.05) is 146 Å². The Labute approximate surface area is 286 Å². The van der Waals surface area contributed by atoms with Crippen LogP contribution < -0.4 is 0 Å². The maximum absolute atomic E-state index is 4.93. The molecule has 49 heavy (non-hydrogen) atoms. The van der Waals surface area contributed by atoms with Gasteiger partial charge in [-0.25, -0.2) is 4.98 Å². The minimum absolute atomic E-state index is 0.862. The van der Waals surface area contributed by atoms with Gasteiger partial charge < -0.3 is 0 Å². The topological polar surface area (TPSA) is 17.8 Å². The number of hydrogen-bond acceptors (Lipinski definition) is 1. The highest BCUT2D eigenvalue weighted by Crippen LogP contribution is 2.44. The molecule has 0 aliphatic rings. The molecular formula is C47H34N2. The van der Waals surface area contributed by atoms with E-state index < -0.39 is 0 Å². The molecule has 1 heterocycles. The van der Waals surface area contributed by atoms with Gasteiger partial charge in [0, 0.05) is 12.1 Å². The van der Waals surface area contributed by atoms with Crippen molar-refractivity contribution >= 4 is 32.6 Å². The van der Waals surface area contributed by atoms with Crippen molar-refractivity contribution in [3.63, 3.8) is 0 Å². The van der Waals surface area contributed by atoms with Crippen molar-refractivity contribution < 1.29 is 0 Å². The van der Waals surface area contributed by atoms with Crippen LogP contribution >= 0.6 is 0 Å². The number of aryl methyl sites for hydroxylation is 1. The molecule has 2 heteroatoms. The van der Waals surface area contributed by atoms with Gasteiger partial charge >= 0.3 is 0 Å². The minimum Gasteiger partial charge on any atom is -0.296 e. The Balaban J connectivity index is 1.22. The summed E-state index contributed by atoms with van der Waals surface area (Å²) in [6.45, 7) is 2.17. The quantitative estimate of drug-likeness (QED) is 0.168. The van der Waals surface area contributed by atoms with E-state index in [1.165, 1.54) is 66.1 Å². The van der Waals surface area contributed by atoms with Crippen LogP contribution in [0.5, 0.6) is 0 Å². The number of nitrogens with zero attached hydrogens (tertiary/aromatic N) is 2. The van der Waals surface area contributed by atoms with E-state index in [4.69, 9.17) is 4.98 Å². The third-order valence-corrected chi connectivity index (χ3v) is 9.73. The average Bonchev–Trinajstić information content (AvgIpc) is 3.56. The molecule has 0 radical (unpaired) electrons. The second-order valence-electron chi connectivity index (χ2n) is 12.6. The van der Waals surface area contributed by atoms with Crippen molar-refractivity contribution in [1.29, 1.82) is 0 Å². The molecule has 0 N–H and O–H groups in total. The van der Waals surface area contributed by atoms with Crippen LogP contribution in [0.15, 0.2) is 176 Å². The van der Waals surface area contributed by atoms with E-state index >= 15 is 0 Å². The molecule has 0 saturated heterocycles. The first-order valence-electron chi connectivity index (χ1n) is 17.0.